The van der Waals surface area contributed by atoms with E-state index in [-0.39, 0.29) is 6.10 Å². The Morgan fingerprint density at radius 1 is 1.47 bits per heavy atom. The molecule has 0 amide bonds. The summed E-state index contributed by atoms with van der Waals surface area (Å²) in [7, 11) is 0. The van der Waals surface area contributed by atoms with Gasteiger partial charge < -0.3 is 14.1 Å². The van der Waals surface area contributed by atoms with Gasteiger partial charge in [0.1, 0.15) is 0 Å². The van der Waals surface area contributed by atoms with E-state index in [1.165, 1.54) is 0 Å². The topological polar surface area (TPSA) is 51.4 Å². The van der Waals surface area contributed by atoms with Crippen LogP contribution in [0.25, 0.3) is 0 Å². The molecule has 0 aliphatic carbocycles. The summed E-state index contributed by atoms with van der Waals surface area (Å²) in [5.74, 6) is 1.10. The SMILES string of the molecule is CCC1COC(C)CN1c1nnc(CCCl)o1. The molecule has 1 aliphatic heterocycles. The highest BCUT2D eigenvalue weighted by Crippen LogP contribution is 2.22. The van der Waals surface area contributed by atoms with Crippen LogP contribution in [0.5, 0.6) is 0 Å². The van der Waals surface area contributed by atoms with Crippen LogP contribution < -0.4 is 4.90 Å². The van der Waals surface area contributed by atoms with Crippen LogP contribution in [-0.4, -0.2) is 41.4 Å². The number of halogens is 1. The lowest BCUT2D eigenvalue weighted by Crippen LogP contribution is -2.48. The summed E-state index contributed by atoms with van der Waals surface area (Å²) in [6, 6.07) is 0.905. The van der Waals surface area contributed by atoms with Crippen molar-refractivity contribution in [1.29, 1.82) is 0 Å². The predicted octanol–water partition coefficient (Wildman–Crippen LogP) is 1.85. The monoisotopic (exact) mass is 259 g/mol. The molecule has 0 spiro atoms. The van der Waals surface area contributed by atoms with Crippen LogP contribution in [0, 0.1) is 0 Å². The molecule has 6 heteroatoms. The summed E-state index contributed by atoms with van der Waals surface area (Å²) < 4.78 is 11.2. The molecule has 1 aromatic heterocycles. The number of aromatic nitrogens is 2. The smallest absolute Gasteiger partial charge is 0.318 e. The van der Waals surface area contributed by atoms with Gasteiger partial charge in [0.25, 0.3) is 0 Å². The molecule has 1 fully saturated rings. The highest BCUT2D eigenvalue weighted by Gasteiger charge is 2.29. The van der Waals surface area contributed by atoms with Crippen molar-refractivity contribution in [3.8, 4) is 0 Å². The molecule has 2 heterocycles. The van der Waals surface area contributed by atoms with Gasteiger partial charge in [0.15, 0.2) is 0 Å². The van der Waals surface area contributed by atoms with Crippen LogP contribution >= 0.6 is 11.6 Å². The molecular formula is C11H18ClN3O2. The summed E-state index contributed by atoms with van der Waals surface area (Å²) in [5.41, 5.74) is 0. The van der Waals surface area contributed by atoms with Crippen molar-refractivity contribution in [3.05, 3.63) is 5.89 Å². The molecule has 5 nitrogen and oxygen atoms in total. The molecule has 96 valence electrons. The van der Waals surface area contributed by atoms with E-state index >= 15 is 0 Å². The second-order valence-corrected chi connectivity index (χ2v) is 4.65. The molecule has 2 atom stereocenters. The number of hydrogen-bond acceptors (Lipinski definition) is 5. The van der Waals surface area contributed by atoms with Crippen molar-refractivity contribution >= 4 is 17.6 Å². The minimum atomic E-state index is 0.196. The number of aryl methyl sites for hydroxylation is 1. The van der Waals surface area contributed by atoms with Crippen LogP contribution in [0.3, 0.4) is 0 Å². The second kappa shape index (κ2) is 5.69. The van der Waals surface area contributed by atoms with Gasteiger partial charge in [-0.25, -0.2) is 0 Å². The standard InChI is InChI=1S/C11H18ClN3O2/c1-3-9-7-16-8(2)6-15(9)11-14-13-10(17-11)4-5-12/h8-9H,3-7H2,1-2H3. The number of ether oxygens (including phenoxy) is 1. The first-order chi connectivity index (χ1) is 8.24. The summed E-state index contributed by atoms with van der Waals surface area (Å²) in [5, 5.41) is 8.08. The highest BCUT2D eigenvalue weighted by molar-refractivity contribution is 6.17. The first-order valence-electron chi connectivity index (χ1n) is 6.01. The van der Waals surface area contributed by atoms with Crippen molar-refractivity contribution in [1.82, 2.24) is 10.2 Å². The van der Waals surface area contributed by atoms with E-state index in [0.29, 0.717) is 36.9 Å². The Kier molecular flexibility index (Phi) is 4.23. The van der Waals surface area contributed by atoms with Crippen LogP contribution in [0.15, 0.2) is 4.42 Å². The Morgan fingerprint density at radius 3 is 3.00 bits per heavy atom. The number of hydrogen-bond donors (Lipinski definition) is 0. The fourth-order valence-corrected chi connectivity index (χ4v) is 2.12. The molecule has 0 aromatic carbocycles. The molecule has 0 N–H and O–H groups in total. The molecule has 0 saturated carbocycles. The van der Waals surface area contributed by atoms with Crippen LogP contribution in [-0.2, 0) is 11.2 Å². The number of rotatable bonds is 4. The number of nitrogens with zero attached hydrogens (tertiary/aromatic N) is 3. The normalized spacial score (nSPS) is 25.2. The summed E-state index contributed by atoms with van der Waals surface area (Å²) in [4.78, 5) is 2.14. The van der Waals surface area contributed by atoms with Gasteiger partial charge in [-0.2, -0.15) is 0 Å². The molecule has 0 bridgehead atoms. The lowest BCUT2D eigenvalue weighted by atomic mass is 10.1. The summed E-state index contributed by atoms with van der Waals surface area (Å²) >= 11 is 5.65. The zero-order chi connectivity index (χ0) is 12.3. The minimum absolute atomic E-state index is 0.196. The van der Waals surface area contributed by atoms with Crippen LogP contribution in [0.1, 0.15) is 26.2 Å². The molecule has 2 rings (SSSR count). The minimum Gasteiger partial charge on any atom is -0.408 e. The van der Waals surface area contributed by atoms with E-state index in [9.17, 15) is 0 Å². The van der Waals surface area contributed by atoms with Crippen LogP contribution in [0.4, 0.5) is 6.01 Å². The van der Waals surface area contributed by atoms with Crippen molar-refractivity contribution in [2.45, 2.75) is 38.8 Å². The third kappa shape index (κ3) is 2.90. The second-order valence-electron chi connectivity index (χ2n) is 4.28. The zero-order valence-electron chi connectivity index (χ0n) is 10.2. The highest BCUT2D eigenvalue weighted by atomic mass is 35.5. The van der Waals surface area contributed by atoms with E-state index < -0.39 is 0 Å². The fourth-order valence-electron chi connectivity index (χ4n) is 1.96. The van der Waals surface area contributed by atoms with Gasteiger partial charge in [-0.3, -0.25) is 0 Å². The third-order valence-corrected chi connectivity index (χ3v) is 3.14. The lowest BCUT2D eigenvalue weighted by Gasteiger charge is -2.36. The van der Waals surface area contributed by atoms with E-state index in [4.69, 9.17) is 20.8 Å². The third-order valence-electron chi connectivity index (χ3n) is 2.95. The number of morpholine rings is 1. The Bertz CT molecular complexity index is 358. The molecule has 1 aromatic rings. The Morgan fingerprint density at radius 2 is 2.29 bits per heavy atom. The van der Waals surface area contributed by atoms with Crippen molar-refractivity contribution in [2.75, 3.05) is 23.9 Å². The Labute approximate surface area is 106 Å². The van der Waals surface area contributed by atoms with E-state index in [0.717, 1.165) is 13.0 Å². The van der Waals surface area contributed by atoms with Gasteiger partial charge in [0.2, 0.25) is 5.89 Å². The number of alkyl halides is 1. The molecule has 1 saturated heterocycles. The maximum absolute atomic E-state index is 5.65. The molecular weight excluding hydrogens is 242 g/mol. The van der Waals surface area contributed by atoms with Gasteiger partial charge in [-0.15, -0.1) is 16.7 Å². The average molecular weight is 260 g/mol. The van der Waals surface area contributed by atoms with Gasteiger partial charge >= 0.3 is 6.01 Å². The summed E-state index contributed by atoms with van der Waals surface area (Å²) in [6.07, 6.45) is 1.81. The van der Waals surface area contributed by atoms with Gasteiger partial charge in [-0.05, 0) is 13.3 Å². The van der Waals surface area contributed by atoms with Crippen LogP contribution in [0.2, 0.25) is 0 Å². The Balaban J connectivity index is 2.11. The Hall–Kier alpha value is -0.810. The van der Waals surface area contributed by atoms with Crippen molar-refractivity contribution in [3.63, 3.8) is 0 Å². The quantitative estimate of drug-likeness (QED) is 0.773. The van der Waals surface area contributed by atoms with E-state index in [1.54, 1.807) is 0 Å². The van der Waals surface area contributed by atoms with Crippen molar-refractivity contribution in [2.24, 2.45) is 0 Å². The zero-order valence-corrected chi connectivity index (χ0v) is 11.0. The number of anilines is 1. The van der Waals surface area contributed by atoms with Gasteiger partial charge in [-0.1, -0.05) is 12.0 Å². The molecule has 0 radical (unpaired) electrons. The largest absolute Gasteiger partial charge is 0.408 e. The maximum atomic E-state index is 5.65. The van der Waals surface area contributed by atoms with Crippen molar-refractivity contribution < 1.29 is 9.15 Å². The van der Waals surface area contributed by atoms with E-state index in [2.05, 4.69) is 28.9 Å². The predicted molar refractivity (Wildman–Crippen MR) is 65.6 cm³/mol. The fraction of sp³-hybridized carbons (Fsp3) is 0.818. The first kappa shape index (κ1) is 12.6. The van der Waals surface area contributed by atoms with Gasteiger partial charge in [0.05, 0.1) is 18.8 Å². The summed E-state index contributed by atoms with van der Waals surface area (Å²) in [6.45, 7) is 5.69. The average Bonchev–Trinajstić information content (AvgIpc) is 2.78. The van der Waals surface area contributed by atoms with Gasteiger partial charge in [0, 0.05) is 18.8 Å². The lowest BCUT2D eigenvalue weighted by molar-refractivity contribution is 0.0277. The first-order valence-corrected chi connectivity index (χ1v) is 6.54. The molecule has 17 heavy (non-hydrogen) atoms. The van der Waals surface area contributed by atoms with E-state index in [1.807, 2.05) is 0 Å². The molecule has 2 unspecified atom stereocenters. The maximum Gasteiger partial charge on any atom is 0.318 e. The molecule has 1 aliphatic rings.